The number of hydrogen-bond acceptors (Lipinski definition) is 1. The van der Waals surface area contributed by atoms with E-state index in [1.165, 1.54) is 12.1 Å². The van der Waals surface area contributed by atoms with E-state index < -0.39 is 0 Å². The van der Waals surface area contributed by atoms with E-state index in [2.05, 4.69) is 0 Å². The summed E-state index contributed by atoms with van der Waals surface area (Å²) in [5, 5.41) is 0. The van der Waals surface area contributed by atoms with E-state index in [-0.39, 0.29) is 5.82 Å². The lowest BCUT2D eigenvalue weighted by molar-refractivity contribution is 0.628. The molecule has 3 aromatic rings. The van der Waals surface area contributed by atoms with Gasteiger partial charge in [-0.25, -0.2) is 4.39 Å². The van der Waals surface area contributed by atoms with Gasteiger partial charge < -0.3 is 10.1 Å². The van der Waals surface area contributed by atoms with Crippen molar-refractivity contribution >= 4 is 5.52 Å². The topological polar surface area (TPSA) is 30.4 Å². The first-order valence-electron chi connectivity index (χ1n) is 5.84. The van der Waals surface area contributed by atoms with Gasteiger partial charge in [0.2, 0.25) is 0 Å². The Morgan fingerprint density at radius 3 is 2.72 bits per heavy atom. The highest BCUT2D eigenvalue weighted by Gasteiger charge is 2.11. The molecule has 0 radical (unpaired) electrons. The van der Waals surface area contributed by atoms with Crippen molar-refractivity contribution < 1.29 is 4.39 Å². The minimum absolute atomic E-state index is 0.235. The van der Waals surface area contributed by atoms with Gasteiger partial charge in [0.15, 0.2) is 0 Å². The largest absolute Gasteiger partial charge is 0.326 e. The fraction of sp³-hybridized carbons (Fsp3) is 0.0667. The third-order valence-corrected chi connectivity index (χ3v) is 3.08. The molecule has 2 N–H and O–H groups in total. The maximum Gasteiger partial charge on any atom is 0.123 e. The van der Waals surface area contributed by atoms with Crippen molar-refractivity contribution in [3.63, 3.8) is 0 Å². The van der Waals surface area contributed by atoms with Crippen molar-refractivity contribution in [2.75, 3.05) is 0 Å². The van der Waals surface area contributed by atoms with E-state index in [9.17, 15) is 4.39 Å². The molecule has 0 aliphatic carbocycles. The van der Waals surface area contributed by atoms with Gasteiger partial charge >= 0.3 is 0 Å². The van der Waals surface area contributed by atoms with Crippen molar-refractivity contribution in [1.29, 1.82) is 0 Å². The fourth-order valence-electron chi connectivity index (χ4n) is 2.30. The molecule has 0 aliphatic rings. The molecule has 0 unspecified atom stereocenters. The first-order valence-corrected chi connectivity index (χ1v) is 5.84. The van der Waals surface area contributed by atoms with Crippen molar-refractivity contribution in [2.24, 2.45) is 5.73 Å². The molecule has 18 heavy (non-hydrogen) atoms. The van der Waals surface area contributed by atoms with Crippen molar-refractivity contribution in [2.45, 2.75) is 6.54 Å². The van der Waals surface area contributed by atoms with Gasteiger partial charge in [-0.15, -0.1) is 0 Å². The zero-order valence-electron chi connectivity index (χ0n) is 9.81. The number of nitrogens with zero attached hydrogens (tertiary/aromatic N) is 1. The molecule has 3 heteroatoms. The average Bonchev–Trinajstić information content (AvgIpc) is 2.77. The summed E-state index contributed by atoms with van der Waals surface area (Å²) in [7, 11) is 0. The maximum atomic E-state index is 13.4. The van der Waals surface area contributed by atoms with Crippen molar-refractivity contribution in [1.82, 2.24) is 4.40 Å². The Morgan fingerprint density at radius 1 is 1.06 bits per heavy atom. The Labute approximate surface area is 104 Å². The second-order valence-corrected chi connectivity index (χ2v) is 4.23. The third kappa shape index (κ3) is 1.69. The predicted octanol–water partition coefficient (Wildman–Crippen LogP) is 3.20. The monoisotopic (exact) mass is 240 g/mol. The van der Waals surface area contributed by atoms with Gasteiger partial charge in [0.25, 0.3) is 0 Å². The Kier molecular flexibility index (Phi) is 2.61. The second-order valence-electron chi connectivity index (χ2n) is 4.23. The van der Waals surface area contributed by atoms with Crippen LogP contribution in [0.1, 0.15) is 5.56 Å². The van der Waals surface area contributed by atoms with E-state index in [0.29, 0.717) is 6.54 Å². The quantitative estimate of drug-likeness (QED) is 0.732. The van der Waals surface area contributed by atoms with Crippen LogP contribution in [0.3, 0.4) is 0 Å². The number of halogens is 1. The molecule has 0 bridgehead atoms. The van der Waals surface area contributed by atoms with Crippen LogP contribution in [-0.2, 0) is 6.54 Å². The van der Waals surface area contributed by atoms with Crippen LogP contribution < -0.4 is 5.73 Å². The first-order chi connectivity index (χ1) is 8.79. The number of nitrogens with two attached hydrogens (primary N) is 1. The summed E-state index contributed by atoms with van der Waals surface area (Å²) in [5.41, 5.74) is 9.68. The van der Waals surface area contributed by atoms with Crippen LogP contribution in [0.4, 0.5) is 4.39 Å². The SMILES string of the molecule is NCc1cc2ccccn2c1-c1cccc(F)c1. The number of pyridine rings is 1. The minimum atomic E-state index is -0.235. The van der Waals surface area contributed by atoms with Crippen LogP contribution in [-0.4, -0.2) is 4.40 Å². The molecule has 2 aromatic heterocycles. The summed E-state index contributed by atoms with van der Waals surface area (Å²) >= 11 is 0. The summed E-state index contributed by atoms with van der Waals surface area (Å²) in [6, 6.07) is 14.6. The molecular weight excluding hydrogens is 227 g/mol. The molecule has 2 heterocycles. The third-order valence-electron chi connectivity index (χ3n) is 3.08. The second kappa shape index (κ2) is 4.27. The van der Waals surface area contributed by atoms with Crippen LogP contribution in [0.25, 0.3) is 16.8 Å². The molecule has 0 amide bonds. The molecule has 0 spiro atoms. The summed E-state index contributed by atoms with van der Waals surface area (Å²) in [5.74, 6) is -0.235. The lowest BCUT2D eigenvalue weighted by Gasteiger charge is -2.06. The van der Waals surface area contributed by atoms with Crippen molar-refractivity contribution in [3.05, 3.63) is 66.1 Å². The van der Waals surface area contributed by atoms with Gasteiger partial charge in [0, 0.05) is 23.8 Å². The maximum absolute atomic E-state index is 13.4. The lowest BCUT2D eigenvalue weighted by atomic mass is 10.1. The minimum Gasteiger partial charge on any atom is -0.326 e. The Balaban J connectivity index is 2.33. The van der Waals surface area contributed by atoms with Crippen LogP contribution in [0.5, 0.6) is 0 Å². The van der Waals surface area contributed by atoms with Crippen LogP contribution in [0, 0.1) is 5.82 Å². The number of aromatic nitrogens is 1. The predicted molar refractivity (Wildman–Crippen MR) is 70.7 cm³/mol. The molecule has 0 saturated carbocycles. The summed E-state index contributed by atoms with van der Waals surface area (Å²) in [6.07, 6.45) is 1.97. The standard InChI is InChI=1S/C15H13FN2/c16-13-5-3-4-11(8-13)15-12(10-17)9-14-6-1-2-7-18(14)15/h1-9H,10,17H2. The van der Waals surface area contributed by atoms with Crippen LogP contribution >= 0.6 is 0 Å². The molecule has 3 rings (SSSR count). The Morgan fingerprint density at radius 2 is 1.94 bits per heavy atom. The normalized spacial score (nSPS) is 11.0. The highest BCUT2D eigenvalue weighted by atomic mass is 19.1. The Hall–Kier alpha value is -2.13. The van der Waals surface area contributed by atoms with Gasteiger partial charge in [-0.05, 0) is 35.9 Å². The van der Waals surface area contributed by atoms with Gasteiger partial charge in [0.05, 0.1) is 5.69 Å². The average molecular weight is 240 g/mol. The molecule has 2 nitrogen and oxygen atoms in total. The number of hydrogen-bond donors (Lipinski definition) is 1. The first kappa shape index (κ1) is 11.0. The highest BCUT2D eigenvalue weighted by Crippen LogP contribution is 2.27. The van der Waals surface area contributed by atoms with E-state index in [0.717, 1.165) is 22.3 Å². The van der Waals surface area contributed by atoms with Gasteiger partial charge in [-0.3, -0.25) is 0 Å². The van der Waals surface area contributed by atoms with E-state index >= 15 is 0 Å². The molecule has 0 fully saturated rings. The van der Waals surface area contributed by atoms with Gasteiger partial charge in [0.1, 0.15) is 5.82 Å². The smallest absolute Gasteiger partial charge is 0.123 e. The number of benzene rings is 1. The number of rotatable bonds is 2. The van der Waals surface area contributed by atoms with Crippen LogP contribution in [0.2, 0.25) is 0 Å². The molecule has 0 aliphatic heterocycles. The van der Waals surface area contributed by atoms with E-state index in [4.69, 9.17) is 5.73 Å². The van der Waals surface area contributed by atoms with Crippen molar-refractivity contribution in [3.8, 4) is 11.3 Å². The molecule has 0 saturated heterocycles. The highest BCUT2D eigenvalue weighted by molar-refractivity contribution is 5.71. The molecule has 1 aromatic carbocycles. The summed E-state index contributed by atoms with van der Waals surface area (Å²) < 4.78 is 15.4. The number of fused-ring (bicyclic) bond motifs is 1. The van der Waals surface area contributed by atoms with E-state index in [1.54, 1.807) is 6.07 Å². The molecule has 90 valence electrons. The van der Waals surface area contributed by atoms with Crippen LogP contribution in [0.15, 0.2) is 54.7 Å². The molecule has 0 atom stereocenters. The fourth-order valence-corrected chi connectivity index (χ4v) is 2.30. The zero-order valence-corrected chi connectivity index (χ0v) is 9.81. The Bertz CT molecular complexity index is 701. The van der Waals surface area contributed by atoms with E-state index in [1.807, 2.05) is 40.9 Å². The van der Waals surface area contributed by atoms with Gasteiger partial charge in [-0.2, -0.15) is 0 Å². The lowest BCUT2D eigenvalue weighted by Crippen LogP contribution is -1.98. The summed E-state index contributed by atoms with van der Waals surface area (Å²) in [4.78, 5) is 0. The molecular formula is C15H13FN2. The zero-order chi connectivity index (χ0) is 12.5. The summed E-state index contributed by atoms with van der Waals surface area (Å²) in [6.45, 7) is 0.438. The van der Waals surface area contributed by atoms with Gasteiger partial charge in [-0.1, -0.05) is 18.2 Å².